The van der Waals surface area contributed by atoms with Crippen molar-refractivity contribution in [1.29, 1.82) is 0 Å². The summed E-state index contributed by atoms with van der Waals surface area (Å²) in [6.45, 7) is 0. The van der Waals surface area contributed by atoms with E-state index in [-0.39, 0.29) is 11.9 Å². The molecule has 0 radical (unpaired) electrons. The molecule has 1 unspecified atom stereocenters. The fraction of sp³-hybridized carbons (Fsp3) is 0.389. The first-order valence-electron chi connectivity index (χ1n) is 7.77. The van der Waals surface area contributed by atoms with Crippen LogP contribution < -0.4 is 0 Å². The van der Waals surface area contributed by atoms with Crippen LogP contribution in [0.25, 0.3) is 0 Å². The smallest absolute Gasteiger partial charge is 0.255 e. The number of fused-ring (bicyclic) bond motifs is 1. The molecule has 4 rings (SSSR count). The Balaban J connectivity index is 1.71. The molecule has 0 aliphatic heterocycles. The van der Waals surface area contributed by atoms with E-state index in [1.54, 1.807) is 11.3 Å². The van der Waals surface area contributed by atoms with Gasteiger partial charge in [-0.15, -0.1) is 0 Å². The Kier molecular flexibility index (Phi) is 3.30. The van der Waals surface area contributed by atoms with Gasteiger partial charge in [-0.3, -0.25) is 4.79 Å². The number of aryl methyl sites for hydroxylation is 1. The molecule has 1 aromatic carbocycles. The highest BCUT2D eigenvalue weighted by molar-refractivity contribution is 7.08. The standard InChI is InChI=1S/C18H19NOS/c20-18(14-10-11-21-12-14)19(15-8-9-15)17-7-3-5-13-4-1-2-6-16(13)17/h1-2,4,6,10-12,15,17H,3,5,7-9H2. The topological polar surface area (TPSA) is 20.3 Å². The van der Waals surface area contributed by atoms with E-state index >= 15 is 0 Å². The van der Waals surface area contributed by atoms with E-state index < -0.39 is 0 Å². The normalized spacial score (nSPS) is 20.9. The molecule has 1 atom stereocenters. The molecule has 2 aliphatic carbocycles. The third-order valence-electron chi connectivity index (χ3n) is 4.62. The van der Waals surface area contributed by atoms with Crippen molar-refractivity contribution in [3.8, 4) is 0 Å². The molecule has 108 valence electrons. The Morgan fingerprint density at radius 2 is 2.00 bits per heavy atom. The van der Waals surface area contributed by atoms with Gasteiger partial charge < -0.3 is 4.90 Å². The second-order valence-electron chi connectivity index (χ2n) is 6.06. The highest BCUT2D eigenvalue weighted by Gasteiger charge is 2.39. The zero-order chi connectivity index (χ0) is 14.2. The monoisotopic (exact) mass is 297 g/mol. The van der Waals surface area contributed by atoms with E-state index in [1.807, 2.05) is 16.8 Å². The van der Waals surface area contributed by atoms with Crippen LogP contribution in [0.4, 0.5) is 0 Å². The fourth-order valence-corrected chi connectivity index (χ4v) is 4.10. The highest BCUT2D eigenvalue weighted by Crippen LogP contribution is 2.41. The molecule has 2 nitrogen and oxygen atoms in total. The number of benzene rings is 1. The molecule has 3 heteroatoms. The molecule has 1 heterocycles. The van der Waals surface area contributed by atoms with E-state index in [4.69, 9.17) is 0 Å². The fourth-order valence-electron chi connectivity index (χ4n) is 3.47. The first-order valence-corrected chi connectivity index (χ1v) is 8.71. The van der Waals surface area contributed by atoms with Crippen molar-refractivity contribution in [2.24, 2.45) is 0 Å². The Morgan fingerprint density at radius 1 is 1.14 bits per heavy atom. The molecular weight excluding hydrogens is 278 g/mol. The van der Waals surface area contributed by atoms with Gasteiger partial charge in [-0.25, -0.2) is 0 Å². The lowest BCUT2D eigenvalue weighted by molar-refractivity contribution is 0.0638. The van der Waals surface area contributed by atoms with Gasteiger partial charge in [0.1, 0.15) is 0 Å². The summed E-state index contributed by atoms with van der Waals surface area (Å²) in [6, 6.07) is 11.3. The van der Waals surface area contributed by atoms with Gasteiger partial charge in [0, 0.05) is 11.4 Å². The quantitative estimate of drug-likeness (QED) is 0.820. The summed E-state index contributed by atoms with van der Waals surface area (Å²) >= 11 is 1.60. The number of carbonyl (C=O) groups is 1. The SMILES string of the molecule is O=C(c1ccsc1)N(C1CC1)C1CCCc2ccccc21. The van der Waals surface area contributed by atoms with Crippen LogP contribution in [-0.4, -0.2) is 16.8 Å². The zero-order valence-corrected chi connectivity index (χ0v) is 12.8. The lowest BCUT2D eigenvalue weighted by Crippen LogP contribution is -2.38. The first-order chi connectivity index (χ1) is 10.3. The van der Waals surface area contributed by atoms with Crippen LogP contribution >= 0.6 is 11.3 Å². The number of nitrogens with zero attached hydrogens (tertiary/aromatic N) is 1. The zero-order valence-electron chi connectivity index (χ0n) is 12.0. The van der Waals surface area contributed by atoms with E-state index in [0.29, 0.717) is 6.04 Å². The molecule has 21 heavy (non-hydrogen) atoms. The molecule has 2 aliphatic rings. The van der Waals surface area contributed by atoms with Crippen molar-refractivity contribution in [2.45, 2.75) is 44.2 Å². The van der Waals surface area contributed by atoms with Crippen molar-refractivity contribution >= 4 is 17.2 Å². The van der Waals surface area contributed by atoms with Crippen LogP contribution in [0.15, 0.2) is 41.1 Å². The van der Waals surface area contributed by atoms with Crippen LogP contribution in [0.1, 0.15) is 53.2 Å². The number of thiophene rings is 1. The van der Waals surface area contributed by atoms with Gasteiger partial charge >= 0.3 is 0 Å². The first kappa shape index (κ1) is 13.1. The summed E-state index contributed by atoms with van der Waals surface area (Å²) in [7, 11) is 0. The van der Waals surface area contributed by atoms with Gasteiger partial charge in [0.2, 0.25) is 0 Å². The van der Waals surface area contributed by atoms with E-state index in [2.05, 4.69) is 29.2 Å². The van der Waals surface area contributed by atoms with Gasteiger partial charge in [-0.1, -0.05) is 24.3 Å². The minimum Gasteiger partial charge on any atom is -0.329 e. The van der Waals surface area contributed by atoms with Gasteiger partial charge in [-0.2, -0.15) is 11.3 Å². The maximum atomic E-state index is 12.9. The maximum Gasteiger partial charge on any atom is 0.255 e. The third-order valence-corrected chi connectivity index (χ3v) is 5.30. The number of hydrogen-bond donors (Lipinski definition) is 0. The number of amides is 1. The van der Waals surface area contributed by atoms with E-state index in [9.17, 15) is 4.79 Å². The van der Waals surface area contributed by atoms with Gasteiger partial charge in [0.25, 0.3) is 5.91 Å². The van der Waals surface area contributed by atoms with Crippen molar-refractivity contribution in [3.63, 3.8) is 0 Å². The highest BCUT2D eigenvalue weighted by atomic mass is 32.1. The molecule has 1 amide bonds. The Labute approximate surface area is 129 Å². The maximum absolute atomic E-state index is 12.9. The number of rotatable bonds is 3. The Morgan fingerprint density at radius 3 is 2.76 bits per heavy atom. The molecule has 1 fully saturated rings. The second-order valence-corrected chi connectivity index (χ2v) is 6.84. The average molecular weight is 297 g/mol. The molecular formula is C18H19NOS. The molecule has 0 saturated heterocycles. The lowest BCUT2D eigenvalue weighted by Gasteiger charge is -2.36. The summed E-state index contributed by atoms with van der Waals surface area (Å²) < 4.78 is 0. The predicted octanol–water partition coefficient (Wildman–Crippen LogP) is 4.43. The summed E-state index contributed by atoms with van der Waals surface area (Å²) in [4.78, 5) is 15.1. The van der Waals surface area contributed by atoms with Crippen LogP contribution in [0.5, 0.6) is 0 Å². The molecule has 0 spiro atoms. The van der Waals surface area contributed by atoms with Crippen LogP contribution in [0.2, 0.25) is 0 Å². The van der Waals surface area contributed by atoms with Crippen molar-refractivity contribution < 1.29 is 4.79 Å². The minimum absolute atomic E-state index is 0.223. The number of carbonyl (C=O) groups excluding carboxylic acids is 1. The molecule has 2 aromatic rings. The summed E-state index contributed by atoms with van der Waals surface area (Å²) in [5, 5.41) is 3.97. The minimum atomic E-state index is 0.223. The van der Waals surface area contributed by atoms with Crippen molar-refractivity contribution in [2.75, 3.05) is 0 Å². The van der Waals surface area contributed by atoms with Gasteiger partial charge in [0.15, 0.2) is 0 Å². The molecule has 0 N–H and O–H groups in total. The number of hydrogen-bond acceptors (Lipinski definition) is 2. The predicted molar refractivity (Wildman–Crippen MR) is 85.6 cm³/mol. The Bertz CT molecular complexity index is 645. The molecule has 1 aromatic heterocycles. The Hall–Kier alpha value is -1.61. The summed E-state index contributed by atoms with van der Waals surface area (Å²) in [5.74, 6) is 0.223. The third kappa shape index (κ3) is 2.40. The van der Waals surface area contributed by atoms with Gasteiger partial charge in [0.05, 0.1) is 11.6 Å². The van der Waals surface area contributed by atoms with Crippen molar-refractivity contribution in [3.05, 3.63) is 57.8 Å². The second kappa shape index (κ2) is 5.30. The summed E-state index contributed by atoms with van der Waals surface area (Å²) in [5.41, 5.74) is 3.66. The van der Waals surface area contributed by atoms with E-state index in [0.717, 1.165) is 31.2 Å². The average Bonchev–Trinajstić information content (AvgIpc) is 3.20. The molecule has 1 saturated carbocycles. The largest absolute Gasteiger partial charge is 0.329 e. The summed E-state index contributed by atoms with van der Waals surface area (Å²) in [6.07, 6.45) is 5.76. The van der Waals surface area contributed by atoms with Crippen LogP contribution in [0.3, 0.4) is 0 Å². The van der Waals surface area contributed by atoms with Gasteiger partial charge in [-0.05, 0) is 54.7 Å². The van der Waals surface area contributed by atoms with Crippen LogP contribution in [-0.2, 0) is 6.42 Å². The van der Waals surface area contributed by atoms with Crippen LogP contribution in [0, 0.1) is 0 Å². The van der Waals surface area contributed by atoms with E-state index in [1.165, 1.54) is 17.5 Å². The lowest BCUT2D eigenvalue weighted by atomic mass is 9.86. The van der Waals surface area contributed by atoms with Crippen molar-refractivity contribution in [1.82, 2.24) is 4.90 Å². The molecule has 0 bridgehead atoms.